The predicted molar refractivity (Wildman–Crippen MR) is 129 cm³/mol. The summed E-state index contributed by atoms with van der Waals surface area (Å²) in [5.74, 6) is -0.612. The van der Waals surface area contributed by atoms with E-state index in [1.807, 2.05) is 26.0 Å². The normalized spacial score (nSPS) is 14.7. The number of carbonyl (C=O) groups excluding carboxylic acids is 2. The van der Waals surface area contributed by atoms with Crippen LogP contribution in [0.3, 0.4) is 0 Å². The molecule has 1 saturated heterocycles. The van der Waals surface area contributed by atoms with Crippen molar-refractivity contribution in [2.75, 3.05) is 45.3 Å². The van der Waals surface area contributed by atoms with Crippen LogP contribution in [0.1, 0.15) is 16.7 Å². The summed E-state index contributed by atoms with van der Waals surface area (Å²) in [6, 6.07) is 10.3. The van der Waals surface area contributed by atoms with E-state index in [-0.39, 0.29) is 36.2 Å². The number of ether oxygens (including phenoxy) is 2. The molecule has 1 aliphatic heterocycles. The fraction of sp³-hybridized carbons (Fsp3) is 0.333. The van der Waals surface area contributed by atoms with E-state index in [2.05, 4.69) is 10.6 Å². The number of carbonyl (C=O) groups is 2. The van der Waals surface area contributed by atoms with E-state index in [1.165, 1.54) is 29.6 Å². The Kier molecular flexibility index (Phi) is 8.43. The lowest BCUT2D eigenvalue weighted by atomic mass is 10.1. The third kappa shape index (κ3) is 6.22. The van der Waals surface area contributed by atoms with Crippen LogP contribution >= 0.6 is 0 Å². The minimum Gasteiger partial charge on any atom is -0.495 e. The van der Waals surface area contributed by atoms with Crippen molar-refractivity contribution in [2.45, 2.75) is 18.7 Å². The molecule has 3 rings (SSSR count). The molecule has 0 saturated carbocycles. The molecular weight excluding hydrogens is 458 g/mol. The SMILES string of the molecule is COc1ccc(/C=C/C(=O)NCC(=O)Nc2cccc(C)c2C)cc1S(=O)(=O)N1CCOCC1. The van der Waals surface area contributed by atoms with Crippen LogP contribution in [0.25, 0.3) is 6.08 Å². The number of nitrogens with one attached hydrogen (secondary N) is 2. The molecule has 0 aromatic heterocycles. The summed E-state index contributed by atoms with van der Waals surface area (Å²) in [7, 11) is -2.38. The van der Waals surface area contributed by atoms with Gasteiger partial charge in [0.25, 0.3) is 0 Å². The van der Waals surface area contributed by atoms with Crippen molar-refractivity contribution in [1.29, 1.82) is 0 Å². The van der Waals surface area contributed by atoms with Crippen LogP contribution < -0.4 is 15.4 Å². The highest BCUT2D eigenvalue weighted by Crippen LogP contribution is 2.28. The molecule has 0 unspecified atom stereocenters. The first kappa shape index (κ1) is 25.4. The first-order valence-electron chi connectivity index (χ1n) is 10.8. The Hall–Kier alpha value is -3.21. The van der Waals surface area contributed by atoms with Gasteiger partial charge in [-0.1, -0.05) is 18.2 Å². The van der Waals surface area contributed by atoms with Gasteiger partial charge in [-0.25, -0.2) is 8.42 Å². The zero-order valence-corrected chi connectivity index (χ0v) is 20.3. The van der Waals surface area contributed by atoms with Gasteiger partial charge < -0.3 is 20.1 Å². The van der Waals surface area contributed by atoms with Crippen molar-refractivity contribution in [3.05, 3.63) is 59.2 Å². The highest BCUT2D eigenvalue weighted by atomic mass is 32.2. The number of methoxy groups -OCH3 is 1. The zero-order chi connectivity index (χ0) is 24.7. The number of aryl methyl sites for hydroxylation is 1. The predicted octanol–water partition coefficient (Wildman–Crippen LogP) is 2.10. The molecule has 2 N–H and O–H groups in total. The summed E-state index contributed by atoms with van der Waals surface area (Å²) in [6.07, 6.45) is 2.73. The zero-order valence-electron chi connectivity index (χ0n) is 19.5. The first-order chi connectivity index (χ1) is 16.2. The number of rotatable bonds is 8. The van der Waals surface area contributed by atoms with Crippen molar-refractivity contribution >= 4 is 33.6 Å². The van der Waals surface area contributed by atoms with E-state index in [0.29, 0.717) is 24.5 Å². The summed E-state index contributed by atoms with van der Waals surface area (Å²) in [5, 5.41) is 5.30. The Bertz CT molecular complexity index is 1190. The molecule has 0 bridgehead atoms. The molecule has 10 heteroatoms. The molecular formula is C24H29N3O6S. The van der Waals surface area contributed by atoms with Crippen molar-refractivity contribution in [1.82, 2.24) is 9.62 Å². The maximum atomic E-state index is 13.1. The lowest BCUT2D eigenvalue weighted by molar-refractivity contribution is -0.121. The van der Waals surface area contributed by atoms with Crippen molar-refractivity contribution in [3.63, 3.8) is 0 Å². The van der Waals surface area contributed by atoms with Gasteiger partial charge in [-0.2, -0.15) is 4.31 Å². The van der Waals surface area contributed by atoms with Gasteiger partial charge in [0, 0.05) is 24.9 Å². The summed E-state index contributed by atoms with van der Waals surface area (Å²) in [5.41, 5.74) is 3.22. The summed E-state index contributed by atoms with van der Waals surface area (Å²) in [4.78, 5) is 24.4. The van der Waals surface area contributed by atoms with Gasteiger partial charge in [0.1, 0.15) is 10.6 Å². The van der Waals surface area contributed by atoms with Gasteiger partial charge in [-0.05, 0) is 54.8 Å². The molecule has 1 fully saturated rings. The van der Waals surface area contributed by atoms with Crippen LogP contribution in [-0.4, -0.2) is 64.5 Å². The highest BCUT2D eigenvalue weighted by Gasteiger charge is 2.29. The number of sulfonamides is 1. The van der Waals surface area contributed by atoms with Gasteiger partial charge in [0.15, 0.2) is 0 Å². The van der Waals surface area contributed by atoms with E-state index in [1.54, 1.807) is 18.2 Å². The van der Waals surface area contributed by atoms with Crippen LogP contribution in [-0.2, 0) is 24.3 Å². The lowest BCUT2D eigenvalue weighted by Gasteiger charge is -2.26. The topological polar surface area (TPSA) is 114 Å². The van der Waals surface area contributed by atoms with Crippen LogP contribution in [0, 0.1) is 13.8 Å². The average Bonchev–Trinajstić information content (AvgIpc) is 2.84. The van der Waals surface area contributed by atoms with Gasteiger partial charge in [-0.15, -0.1) is 0 Å². The highest BCUT2D eigenvalue weighted by molar-refractivity contribution is 7.89. The molecule has 2 aromatic carbocycles. The molecule has 9 nitrogen and oxygen atoms in total. The second-order valence-corrected chi connectivity index (χ2v) is 9.68. The van der Waals surface area contributed by atoms with Crippen LogP contribution in [0.15, 0.2) is 47.4 Å². The maximum absolute atomic E-state index is 13.1. The lowest BCUT2D eigenvalue weighted by Crippen LogP contribution is -2.40. The average molecular weight is 488 g/mol. The summed E-state index contributed by atoms with van der Waals surface area (Å²) < 4.78 is 38.0. The Morgan fingerprint density at radius 2 is 1.88 bits per heavy atom. The Labute approximate surface area is 199 Å². The van der Waals surface area contributed by atoms with Crippen LogP contribution in [0.4, 0.5) is 5.69 Å². The number of hydrogen-bond acceptors (Lipinski definition) is 6. The summed E-state index contributed by atoms with van der Waals surface area (Å²) >= 11 is 0. The van der Waals surface area contributed by atoms with Gasteiger partial charge in [0.05, 0.1) is 26.9 Å². The van der Waals surface area contributed by atoms with E-state index in [4.69, 9.17) is 9.47 Å². The molecule has 2 amide bonds. The fourth-order valence-corrected chi connectivity index (χ4v) is 5.00. The van der Waals surface area contributed by atoms with E-state index in [0.717, 1.165) is 11.1 Å². The van der Waals surface area contributed by atoms with Crippen LogP contribution in [0.2, 0.25) is 0 Å². The van der Waals surface area contributed by atoms with E-state index in [9.17, 15) is 18.0 Å². The molecule has 1 aliphatic rings. The number of benzene rings is 2. The van der Waals surface area contributed by atoms with Gasteiger partial charge in [0.2, 0.25) is 21.8 Å². The molecule has 34 heavy (non-hydrogen) atoms. The van der Waals surface area contributed by atoms with E-state index >= 15 is 0 Å². The standard InChI is InChI=1S/C24H29N3O6S/c1-17-5-4-6-20(18(17)2)26-24(29)16-25-23(28)10-8-19-7-9-21(32-3)22(15-19)34(30,31)27-11-13-33-14-12-27/h4-10,15H,11-14,16H2,1-3H3,(H,25,28)(H,26,29)/b10-8+. The Morgan fingerprint density at radius 1 is 1.15 bits per heavy atom. The van der Waals surface area contributed by atoms with Crippen molar-refractivity contribution in [3.8, 4) is 5.75 Å². The number of amides is 2. The largest absolute Gasteiger partial charge is 0.495 e. The van der Waals surface area contributed by atoms with Crippen LogP contribution in [0.5, 0.6) is 5.75 Å². The molecule has 0 aliphatic carbocycles. The van der Waals surface area contributed by atoms with Gasteiger partial charge in [-0.3, -0.25) is 9.59 Å². The molecule has 1 heterocycles. The number of anilines is 1. The fourth-order valence-electron chi connectivity index (χ4n) is 3.40. The Morgan fingerprint density at radius 3 is 2.59 bits per heavy atom. The molecule has 0 radical (unpaired) electrons. The van der Waals surface area contributed by atoms with Crippen molar-refractivity contribution in [2.24, 2.45) is 0 Å². The quantitative estimate of drug-likeness (QED) is 0.552. The number of nitrogens with zero attached hydrogens (tertiary/aromatic N) is 1. The molecule has 182 valence electrons. The molecule has 2 aromatic rings. The Balaban J connectivity index is 1.64. The molecule has 0 atom stereocenters. The second kappa shape index (κ2) is 11.3. The third-order valence-corrected chi connectivity index (χ3v) is 7.42. The second-order valence-electron chi connectivity index (χ2n) is 7.77. The third-order valence-electron chi connectivity index (χ3n) is 5.50. The summed E-state index contributed by atoms with van der Waals surface area (Å²) in [6.45, 7) is 4.85. The van der Waals surface area contributed by atoms with Gasteiger partial charge >= 0.3 is 0 Å². The minimum atomic E-state index is -3.78. The monoisotopic (exact) mass is 487 g/mol. The minimum absolute atomic E-state index is 0.0207. The smallest absolute Gasteiger partial charge is 0.246 e. The number of morpholine rings is 1. The maximum Gasteiger partial charge on any atom is 0.246 e. The van der Waals surface area contributed by atoms with Crippen molar-refractivity contribution < 1.29 is 27.5 Å². The van der Waals surface area contributed by atoms with E-state index < -0.39 is 15.9 Å². The first-order valence-corrected chi connectivity index (χ1v) is 12.2. The molecule has 0 spiro atoms. The number of hydrogen-bond donors (Lipinski definition) is 2.